The van der Waals surface area contributed by atoms with Gasteiger partial charge in [0.25, 0.3) is 0 Å². The van der Waals surface area contributed by atoms with Gasteiger partial charge in [-0.15, -0.1) is 11.3 Å². The number of hydrogen-bond acceptors (Lipinski definition) is 6. The van der Waals surface area contributed by atoms with Gasteiger partial charge in [-0.05, 0) is 48.1 Å². The molecule has 2 saturated heterocycles. The van der Waals surface area contributed by atoms with E-state index < -0.39 is 5.41 Å². The number of amides is 2. The van der Waals surface area contributed by atoms with Crippen molar-refractivity contribution in [1.82, 2.24) is 29.2 Å². The number of hydrogen-bond donors (Lipinski definition) is 0. The van der Waals surface area contributed by atoms with Crippen molar-refractivity contribution in [2.24, 2.45) is 5.41 Å². The third-order valence-electron chi connectivity index (χ3n) is 7.30. The third-order valence-corrected chi connectivity index (χ3v) is 8.12. The number of thiazole rings is 1. The Labute approximate surface area is 200 Å². The highest BCUT2D eigenvalue weighted by atomic mass is 32.1. The summed E-state index contributed by atoms with van der Waals surface area (Å²) >= 11 is 1.61. The Hall–Kier alpha value is -2.26. The summed E-state index contributed by atoms with van der Waals surface area (Å²) in [5, 5.41) is 3.04. The van der Waals surface area contributed by atoms with Crippen molar-refractivity contribution >= 4 is 23.2 Å². The second kappa shape index (κ2) is 9.18. The fourth-order valence-corrected chi connectivity index (χ4v) is 5.55. The molecule has 0 unspecified atom stereocenters. The van der Waals surface area contributed by atoms with E-state index in [1.54, 1.807) is 11.3 Å². The summed E-state index contributed by atoms with van der Waals surface area (Å²) < 4.78 is 2.08. The lowest BCUT2D eigenvalue weighted by atomic mass is 9.75. The van der Waals surface area contributed by atoms with Gasteiger partial charge in [-0.3, -0.25) is 14.5 Å². The minimum absolute atomic E-state index is 0.0812. The monoisotopic (exact) mass is 472 g/mol. The van der Waals surface area contributed by atoms with Crippen molar-refractivity contribution in [3.05, 3.63) is 34.3 Å². The number of carbonyl (C=O) groups is 2. The number of likely N-dealkylation sites (N-methyl/N-ethyl adjacent to an activating group) is 1. The lowest BCUT2D eigenvalue weighted by Crippen LogP contribution is -2.43. The average molecular weight is 473 g/mol. The molecule has 0 aliphatic carbocycles. The first-order valence-electron chi connectivity index (χ1n) is 11.8. The van der Waals surface area contributed by atoms with Crippen molar-refractivity contribution in [3.8, 4) is 0 Å². The molecule has 2 fully saturated rings. The number of aromatic nitrogens is 3. The fraction of sp³-hybridized carbons (Fsp3) is 0.667. The van der Waals surface area contributed by atoms with E-state index in [-0.39, 0.29) is 23.8 Å². The van der Waals surface area contributed by atoms with Crippen LogP contribution >= 0.6 is 11.3 Å². The van der Waals surface area contributed by atoms with Crippen molar-refractivity contribution in [1.29, 1.82) is 0 Å². The normalized spacial score (nSPS) is 23.3. The van der Waals surface area contributed by atoms with E-state index in [0.717, 1.165) is 22.8 Å². The molecule has 2 aliphatic rings. The van der Waals surface area contributed by atoms with E-state index in [4.69, 9.17) is 4.98 Å². The van der Waals surface area contributed by atoms with Crippen LogP contribution in [0, 0.1) is 12.3 Å². The topological polar surface area (TPSA) is 74.6 Å². The summed E-state index contributed by atoms with van der Waals surface area (Å²) in [6.07, 6.45) is 4.64. The van der Waals surface area contributed by atoms with Gasteiger partial charge in [0.15, 0.2) is 0 Å². The predicted molar refractivity (Wildman–Crippen MR) is 129 cm³/mol. The molecule has 2 aliphatic heterocycles. The molecule has 0 saturated carbocycles. The molecule has 2 amide bonds. The summed E-state index contributed by atoms with van der Waals surface area (Å²) in [4.78, 5) is 42.2. The molecule has 9 heteroatoms. The molecule has 2 aromatic rings. The molecule has 180 valence electrons. The van der Waals surface area contributed by atoms with E-state index in [1.165, 1.54) is 0 Å². The van der Waals surface area contributed by atoms with Gasteiger partial charge < -0.3 is 14.4 Å². The maximum Gasteiger partial charge on any atom is 0.236 e. The van der Waals surface area contributed by atoms with Gasteiger partial charge >= 0.3 is 0 Å². The molecule has 1 spiro atoms. The predicted octanol–water partition coefficient (Wildman–Crippen LogP) is 2.91. The summed E-state index contributed by atoms with van der Waals surface area (Å²) in [6.45, 7) is 13.0. The van der Waals surface area contributed by atoms with Gasteiger partial charge in [0.1, 0.15) is 0 Å². The average Bonchev–Trinajstić information content (AvgIpc) is 3.52. The molecular formula is C24H36N6O2S. The van der Waals surface area contributed by atoms with Gasteiger partial charge in [-0.25, -0.2) is 9.97 Å². The molecule has 0 aromatic carbocycles. The minimum atomic E-state index is -0.618. The summed E-state index contributed by atoms with van der Waals surface area (Å²) in [5.41, 5.74) is 1.23. The molecule has 8 nitrogen and oxygen atoms in total. The van der Waals surface area contributed by atoms with E-state index in [0.29, 0.717) is 38.8 Å². The summed E-state index contributed by atoms with van der Waals surface area (Å²) in [5.74, 6) is 0.114. The molecule has 4 rings (SSSR count). The Morgan fingerprint density at radius 2 is 2.09 bits per heavy atom. The van der Waals surface area contributed by atoms with Gasteiger partial charge in [0.2, 0.25) is 11.8 Å². The molecule has 2 atom stereocenters. The van der Waals surface area contributed by atoms with Crippen LogP contribution in [0.2, 0.25) is 0 Å². The fourth-order valence-electron chi connectivity index (χ4n) is 4.94. The Balaban J connectivity index is 1.61. The molecular weight excluding hydrogens is 436 g/mol. The second-order valence-corrected chi connectivity index (χ2v) is 11.2. The van der Waals surface area contributed by atoms with Gasteiger partial charge in [-0.2, -0.15) is 0 Å². The molecule has 4 heterocycles. The van der Waals surface area contributed by atoms with Crippen molar-refractivity contribution in [3.63, 3.8) is 0 Å². The van der Waals surface area contributed by atoms with Crippen LogP contribution in [0.15, 0.2) is 17.9 Å². The van der Waals surface area contributed by atoms with Crippen LogP contribution in [-0.4, -0.2) is 80.3 Å². The van der Waals surface area contributed by atoms with Crippen molar-refractivity contribution < 1.29 is 9.59 Å². The number of imidazole rings is 1. The highest BCUT2D eigenvalue weighted by Crippen LogP contribution is 2.50. The van der Waals surface area contributed by atoms with Crippen molar-refractivity contribution in [2.75, 3.05) is 33.2 Å². The standard InChI is InChI=1S/C24H36N6O2S/c1-16(2)27(6)12-22(31)29-10-20(21-11-30(15-25-21)17(3)4)24(14-29)7-8-28(23(24)32)9-19-13-33-18(5)26-19/h11,13,15-17,20H,7-10,12,14H2,1-6H3/t20-,24+/m1/s1. The first kappa shape index (κ1) is 23.9. The maximum absolute atomic E-state index is 13.9. The first-order valence-corrected chi connectivity index (χ1v) is 12.7. The zero-order chi connectivity index (χ0) is 23.9. The van der Waals surface area contributed by atoms with Crippen LogP contribution in [0.4, 0.5) is 0 Å². The van der Waals surface area contributed by atoms with E-state index in [9.17, 15) is 9.59 Å². The van der Waals surface area contributed by atoms with Crippen LogP contribution in [0.5, 0.6) is 0 Å². The van der Waals surface area contributed by atoms with Gasteiger partial charge in [-0.1, -0.05) is 0 Å². The van der Waals surface area contributed by atoms with E-state index in [2.05, 4.69) is 43.4 Å². The molecule has 0 radical (unpaired) electrons. The molecule has 2 aromatic heterocycles. The molecule has 0 N–H and O–H groups in total. The highest BCUT2D eigenvalue weighted by molar-refractivity contribution is 7.09. The van der Waals surface area contributed by atoms with Crippen LogP contribution in [-0.2, 0) is 16.1 Å². The Morgan fingerprint density at radius 3 is 2.70 bits per heavy atom. The Morgan fingerprint density at radius 1 is 1.33 bits per heavy atom. The van der Waals surface area contributed by atoms with Gasteiger partial charge in [0, 0.05) is 49.2 Å². The quantitative estimate of drug-likeness (QED) is 0.619. The second-order valence-electron chi connectivity index (χ2n) is 10.2. The Bertz CT molecular complexity index is 1010. The van der Waals surface area contributed by atoms with Gasteiger partial charge in [0.05, 0.1) is 41.2 Å². The van der Waals surface area contributed by atoms with E-state index in [1.807, 2.05) is 40.4 Å². The number of carbonyl (C=O) groups excluding carboxylic acids is 2. The van der Waals surface area contributed by atoms with Crippen LogP contribution in [0.1, 0.15) is 62.5 Å². The highest BCUT2D eigenvalue weighted by Gasteiger charge is 2.58. The number of nitrogens with zero attached hydrogens (tertiary/aromatic N) is 6. The summed E-state index contributed by atoms with van der Waals surface area (Å²) in [7, 11) is 1.97. The lowest BCUT2D eigenvalue weighted by molar-refractivity contribution is -0.137. The SMILES string of the molecule is Cc1nc(CN2CC[C@@]3(CN(C(=O)CN(C)C(C)C)C[C@@H]3c3cn(C(C)C)cn3)C2=O)cs1. The third kappa shape index (κ3) is 4.57. The number of aryl methyl sites for hydroxylation is 1. The van der Waals surface area contributed by atoms with Crippen LogP contribution < -0.4 is 0 Å². The number of likely N-dealkylation sites (tertiary alicyclic amines) is 2. The van der Waals surface area contributed by atoms with E-state index >= 15 is 0 Å². The Kier molecular flexibility index (Phi) is 6.64. The zero-order valence-electron chi connectivity index (χ0n) is 20.6. The van der Waals surface area contributed by atoms with Crippen LogP contribution in [0.25, 0.3) is 0 Å². The largest absolute Gasteiger partial charge is 0.340 e. The zero-order valence-corrected chi connectivity index (χ0v) is 21.4. The maximum atomic E-state index is 13.9. The number of rotatable bonds is 7. The minimum Gasteiger partial charge on any atom is -0.340 e. The summed E-state index contributed by atoms with van der Waals surface area (Å²) in [6, 6.07) is 0.581. The molecule has 0 bridgehead atoms. The van der Waals surface area contributed by atoms with Crippen molar-refractivity contribution in [2.45, 2.75) is 65.6 Å². The first-order chi connectivity index (χ1) is 15.6. The lowest BCUT2D eigenvalue weighted by Gasteiger charge is -2.28. The molecule has 33 heavy (non-hydrogen) atoms. The smallest absolute Gasteiger partial charge is 0.236 e. The van der Waals surface area contributed by atoms with Crippen LogP contribution in [0.3, 0.4) is 0 Å².